The van der Waals surface area contributed by atoms with E-state index in [9.17, 15) is 0 Å². The average molecular weight is 245 g/mol. The summed E-state index contributed by atoms with van der Waals surface area (Å²) < 4.78 is 5.30. The molecule has 0 aliphatic heterocycles. The lowest BCUT2D eigenvalue weighted by Gasteiger charge is -2.12. The maximum atomic E-state index is 6.14. The van der Waals surface area contributed by atoms with Crippen LogP contribution in [0.3, 0.4) is 0 Å². The van der Waals surface area contributed by atoms with Gasteiger partial charge in [-0.05, 0) is 44.9 Å². The predicted octanol–water partition coefficient (Wildman–Crippen LogP) is 3.44. The second kappa shape index (κ2) is 5.93. The van der Waals surface area contributed by atoms with Crippen LogP contribution in [0.25, 0.3) is 0 Å². The molecular weight excluding hydrogens is 222 g/mol. The minimum atomic E-state index is -0.0608. The highest BCUT2D eigenvalue weighted by molar-refractivity contribution is 5.38. The zero-order chi connectivity index (χ0) is 13.8. The van der Waals surface area contributed by atoms with Crippen molar-refractivity contribution in [2.75, 3.05) is 7.11 Å². The summed E-state index contributed by atoms with van der Waals surface area (Å²) in [6.45, 7) is 8.31. The van der Waals surface area contributed by atoms with Crippen molar-refractivity contribution < 1.29 is 4.74 Å². The van der Waals surface area contributed by atoms with E-state index in [0.717, 1.165) is 16.9 Å². The van der Waals surface area contributed by atoms with Gasteiger partial charge in [0.2, 0.25) is 0 Å². The molecule has 0 bridgehead atoms. The van der Waals surface area contributed by atoms with E-state index < -0.39 is 0 Å². The fourth-order valence-electron chi connectivity index (χ4n) is 1.61. The molecular formula is C16H23NO. The van der Waals surface area contributed by atoms with E-state index in [1.54, 1.807) is 7.11 Å². The van der Waals surface area contributed by atoms with E-state index in [1.165, 1.54) is 0 Å². The lowest BCUT2D eigenvalue weighted by molar-refractivity contribution is 0.410. The fraction of sp³-hybridized carbons (Fsp3) is 0.500. The molecule has 0 saturated carbocycles. The topological polar surface area (TPSA) is 35.2 Å². The molecule has 0 aromatic heterocycles. The van der Waals surface area contributed by atoms with Crippen LogP contribution in [0.15, 0.2) is 18.2 Å². The summed E-state index contributed by atoms with van der Waals surface area (Å²) in [7, 11) is 1.68. The van der Waals surface area contributed by atoms with Crippen LogP contribution in [0.1, 0.15) is 44.4 Å². The molecule has 0 aliphatic carbocycles. The van der Waals surface area contributed by atoms with Gasteiger partial charge in [0.05, 0.1) is 7.11 Å². The van der Waals surface area contributed by atoms with E-state index >= 15 is 0 Å². The van der Waals surface area contributed by atoms with E-state index in [0.29, 0.717) is 6.42 Å². The molecule has 1 aromatic carbocycles. The molecule has 2 nitrogen and oxygen atoms in total. The van der Waals surface area contributed by atoms with Gasteiger partial charge in [0.25, 0.3) is 0 Å². The molecule has 0 heterocycles. The highest BCUT2D eigenvalue weighted by atomic mass is 16.5. The first-order chi connectivity index (χ1) is 8.33. The Balaban J connectivity index is 2.78. The molecule has 2 heteroatoms. The summed E-state index contributed by atoms with van der Waals surface area (Å²) in [6.07, 6.45) is 0.670. The van der Waals surface area contributed by atoms with E-state index in [4.69, 9.17) is 10.5 Å². The maximum absolute atomic E-state index is 6.14. The molecule has 1 unspecified atom stereocenters. The number of rotatable bonds is 3. The Bertz CT molecular complexity index is 460. The number of hydrogen-bond acceptors (Lipinski definition) is 2. The molecule has 1 aromatic rings. The second-order valence-electron chi connectivity index (χ2n) is 5.59. The quantitative estimate of drug-likeness (QED) is 0.828. The van der Waals surface area contributed by atoms with Crippen LogP contribution < -0.4 is 10.5 Å². The van der Waals surface area contributed by atoms with Gasteiger partial charge in [-0.15, -0.1) is 5.92 Å². The smallest absolute Gasteiger partial charge is 0.122 e. The molecule has 0 spiro atoms. The molecule has 1 atom stereocenters. The van der Waals surface area contributed by atoms with Gasteiger partial charge in [-0.25, -0.2) is 0 Å². The largest absolute Gasteiger partial charge is 0.496 e. The molecule has 18 heavy (non-hydrogen) atoms. The summed E-state index contributed by atoms with van der Waals surface area (Å²) in [6, 6.07) is 6.01. The summed E-state index contributed by atoms with van der Waals surface area (Å²) in [5, 5.41) is 0. The lowest BCUT2D eigenvalue weighted by atomic mass is 9.96. The van der Waals surface area contributed by atoms with E-state index in [2.05, 4.69) is 32.6 Å². The summed E-state index contributed by atoms with van der Waals surface area (Å²) in [5.74, 6) is 7.24. The fourth-order valence-corrected chi connectivity index (χ4v) is 1.61. The molecule has 0 radical (unpaired) electrons. The lowest BCUT2D eigenvalue weighted by Crippen LogP contribution is -2.10. The van der Waals surface area contributed by atoms with Gasteiger partial charge in [0.15, 0.2) is 0 Å². The monoisotopic (exact) mass is 245 g/mol. The Morgan fingerprint density at radius 1 is 1.33 bits per heavy atom. The number of nitrogens with two attached hydrogens (primary N) is 1. The van der Waals surface area contributed by atoms with Gasteiger partial charge in [-0.3, -0.25) is 0 Å². The zero-order valence-corrected chi connectivity index (χ0v) is 12.0. The Kier molecular flexibility index (Phi) is 4.81. The number of hydrogen-bond donors (Lipinski definition) is 1. The van der Waals surface area contributed by atoms with Crippen molar-refractivity contribution >= 4 is 0 Å². The zero-order valence-electron chi connectivity index (χ0n) is 12.0. The van der Waals surface area contributed by atoms with Gasteiger partial charge in [-0.2, -0.15) is 0 Å². The van der Waals surface area contributed by atoms with Gasteiger partial charge in [-0.1, -0.05) is 18.1 Å². The number of methoxy groups -OCH3 is 1. The number of benzene rings is 1. The molecule has 0 saturated heterocycles. The van der Waals surface area contributed by atoms with Crippen LogP contribution >= 0.6 is 0 Å². The Labute approximate surface area is 111 Å². The molecule has 98 valence electrons. The van der Waals surface area contributed by atoms with Crippen molar-refractivity contribution in [3.8, 4) is 17.6 Å². The van der Waals surface area contributed by atoms with Gasteiger partial charge < -0.3 is 10.5 Å². The van der Waals surface area contributed by atoms with Gasteiger partial charge in [0.1, 0.15) is 5.75 Å². The Morgan fingerprint density at radius 3 is 2.56 bits per heavy atom. The van der Waals surface area contributed by atoms with Crippen LogP contribution in [0.4, 0.5) is 0 Å². The van der Waals surface area contributed by atoms with Crippen molar-refractivity contribution in [3.63, 3.8) is 0 Å². The molecule has 0 amide bonds. The third kappa shape index (κ3) is 4.43. The van der Waals surface area contributed by atoms with Gasteiger partial charge in [0, 0.05) is 17.9 Å². The predicted molar refractivity (Wildman–Crippen MR) is 76.5 cm³/mol. The maximum Gasteiger partial charge on any atom is 0.122 e. The normalized spacial score (nSPS) is 12.6. The van der Waals surface area contributed by atoms with Crippen molar-refractivity contribution in [1.29, 1.82) is 0 Å². The SMILES string of the molecule is COc1cc(C(N)CC#CC(C)(C)C)ccc1C. The van der Waals surface area contributed by atoms with Gasteiger partial charge >= 0.3 is 0 Å². The summed E-state index contributed by atoms with van der Waals surface area (Å²) in [5.41, 5.74) is 8.36. The van der Waals surface area contributed by atoms with Crippen molar-refractivity contribution in [1.82, 2.24) is 0 Å². The summed E-state index contributed by atoms with van der Waals surface area (Å²) >= 11 is 0. The first-order valence-corrected chi connectivity index (χ1v) is 6.23. The third-order valence-electron chi connectivity index (χ3n) is 2.65. The van der Waals surface area contributed by atoms with Crippen LogP contribution in [-0.2, 0) is 0 Å². The minimum absolute atomic E-state index is 0.0324. The number of ether oxygens (including phenoxy) is 1. The van der Waals surface area contributed by atoms with Crippen LogP contribution in [-0.4, -0.2) is 7.11 Å². The minimum Gasteiger partial charge on any atom is -0.496 e. The third-order valence-corrected chi connectivity index (χ3v) is 2.65. The molecule has 1 rings (SSSR count). The van der Waals surface area contributed by atoms with Crippen LogP contribution in [0.5, 0.6) is 5.75 Å². The Morgan fingerprint density at radius 2 is 2.00 bits per heavy atom. The summed E-state index contributed by atoms with van der Waals surface area (Å²) in [4.78, 5) is 0. The van der Waals surface area contributed by atoms with Crippen molar-refractivity contribution in [3.05, 3.63) is 29.3 Å². The first kappa shape index (κ1) is 14.6. The second-order valence-corrected chi connectivity index (χ2v) is 5.59. The van der Waals surface area contributed by atoms with Crippen LogP contribution in [0, 0.1) is 24.2 Å². The van der Waals surface area contributed by atoms with Crippen molar-refractivity contribution in [2.24, 2.45) is 11.1 Å². The van der Waals surface area contributed by atoms with E-state index in [-0.39, 0.29) is 11.5 Å². The highest BCUT2D eigenvalue weighted by Crippen LogP contribution is 2.23. The standard InChI is InChI=1S/C16H23NO/c1-12-8-9-13(11-15(12)18-5)14(17)7-6-10-16(2,3)4/h8-9,11,14H,7,17H2,1-5H3. The van der Waals surface area contributed by atoms with Crippen LogP contribution in [0.2, 0.25) is 0 Å². The highest BCUT2D eigenvalue weighted by Gasteiger charge is 2.08. The molecule has 0 fully saturated rings. The first-order valence-electron chi connectivity index (χ1n) is 6.23. The van der Waals surface area contributed by atoms with Crippen molar-refractivity contribution in [2.45, 2.75) is 40.2 Å². The number of aryl methyl sites for hydroxylation is 1. The molecule has 2 N–H and O–H groups in total. The van der Waals surface area contributed by atoms with E-state index in [1.807, 2.05) is 25.1 Å². The molecule has 0 aliphatic rings. The Hall–Kier alpha value is -1.46. The average Bonchev–Trinajstić information content (AvgIpc) is 2.27.